The van der Waals surface area contributed by atoms with Crippen LogP contribution in [-0.4, -0.2) is 10.7 Å². The van der Waals surface area contributed by atoms with Gasteiger partial charge >= 0.3 is 0 Å². The first kappa shape index (κ1) is 15.4. The van der Waals surface area contributed by atoms with Crippen LogP contribution in [0.2, 0.25) is 0 Å². The van der Waals surface area contributed by atoms with E-state index in [2.05, 4.69) is 27.7 Å². The largest absolute Gasteiger partial charge is 0.390 e. The van der Waals surface area contributed by atoms with Crippen LogP contribution in [0, 0.1) is 23.2 Å². The van der Waals surface area contributed by atoms with Crippen molar-refractivity contribution in [1.29, 1.82) is 0 Å². The SMILES string of the molecule is CCC(C)(C)C1CCC(O)(C2CCCC(C)C2)CC1. The molecule has 0 aliphatic heterocycles. The van der Waals surface area contributed by atoms with Crippen molar-refractivity contribution in [2.24, 2.45) is 23.2 Å². The Morgan fingerprint density at radius 1 is 1.11 bits per heavy atom. The molecule has 0 saturated heterocycles. The van der Waals surface area contributed by atoms with Crippen LogP contribution in [0.4, 0.5) is 0 Å². The minimum absolute atomic E-state index is 0.324. The highest BCUT2D eigenvalue weighted by molar-refractivity contribution is 4.95. The predicted molar refractivity (Wildman–Crippen MR) is 82.1 cm³/mol. The third kappa shape index (κ3) is 3.35. The maximum Gasteiger partial charge on any atom is 0.0676 e. The van der Waals surface area contributed by atoms with Crippen molar-refractivity contribution in [3.63, 3.8) is 0 Å². The zero-order valence-corrected chi connectivity index (χ0v) is 13.5. The third-order valence-electron chi connectivity index (χ3n) is 6.56. The van der Waals surface area contributed by atoms with E-state index in [1.165, 1.54) is 44.9 Å². The van der Waals surface area contributed by atoms with Gasteiger partial charge in [-0.3, -0.25) is 0 Å². The minimum Gasteiger partial charge on any atom is -0.390 e. The molecule has 0 aromatic carbocycles. The van der Waals surface area contributed by atoms with Gasteiger partial charge in [-0.05, 0) is 61.7 Å². The van der Waals surface area contributed by atoms with Gasteiger partial charge in [-0.15, -0.1) is 0 Å². The second-order valence-corrected chi connectivity index (χ2v) is 8.19. The summed E-state index contributed by atoms with van der Waals surface area (Å²) >= 11 is 0. The van der Waals surface area contributed by atoms with Crippen molar-refractivity contribution in [2.75, 3.05) is 0 Å². The highest BCUT2D eigenvalue weighted by atomic mass is 16.3. The monoisotopic (exact) mass is 266 g/mol. The van der Waals surface area contributed by atoms with Crippen molar-refractivity contribution >= 4 is 0 Å². The fraction of sp³-hybridized carbons (Fsp3) is 1.00. The lowest BCUT2D eigenvalue weighted by atomic mass is 9.61. The first-order chi connectivity index (χ1) is 8.87. The summed E-state index contributed by atoms with van der Waals surface area (Å²) in [6, 6.07) is 0. The molecule has 1 nitrogen and oxygen atoms in total. The smallest absolute Gasteiger partial charge is 0.0676 e. The normalized spacial score (nSPS) is 41.2. The number of hydrogen-bond donors (Lipinski definition) is 1. The lowest BCUT2D eigenvalue weighted by Crippen LogP contribution is -2.45. The molecule has 0 radical (unpaired) electrons. The first-order valence-electron chi connectivity index (χ1n) is 8.60. The zero-order chi connectivity index (χ0) is 14.1. The zero-order valence-electron chi connectivity index (χ0n) is 13.5. The van der Waals surface area contributed by atoms with Crippen LogP contribution in [0.5, 0.6) is 0 Å². The number of aliphatic hydroxyl groups is 1. The number of hydrogen-bond acceptors (Lipinski definition) is 1. The molecule has 2 aliphatic carbocycles. The van der Waals surface area contributed by atoms with Crippen molar-refractivity contribution < 1.29 is 5.11 Å². The fourth-order valence-electron chi connectivity index (χ4n) is 4.52. The van der Waals surface area contributed by atoms with Gasteiger partial charge in [0.05, 0.1) is 5.60 Å². The molecule has 0 amide bonds. The van der Waals surface area contributed by atoms with Gasteiger partial charge in [0, 0.05) is 0 Å². The molecule has 2 aliphatic rings. The fourth-order valence-corrected chi connectivity index (χ4v) is 4.52. The molecule has 1 heteroatoms. The third-order valence-corrected chi connectivity index (χ3v) is 6.56. The van der Waals surface area contributed by atoms with E-state index < -0.39 is 0 Å². The van der Waals surface area contributed by atoms with Gasteiger partial charge in [-0.2, -0.15) is 0 Å². The molecule has 0 heterocycles. The summed E-state index contributed by atoms with van der Waals surface area (Å²) in [6.45, 7) is 9.49. The van der Waals surface area contributed by atoms with Crippen LogP contribution in [0.3, 0.4) is 0 Å². The Hall–Kier alpha value is -0.0400. The van der Waals surface area contributed by atoms with E-state index in [9.17, 15) is 5.11 Å². The quantitative estimate of drug-likeness (QED) is 0.747. The average Bonchev–Trinajstić information content (AvgIpc) is 2.39. The topological polar surface area (TPSA) is 20.2 Å². The van der Waals surface area contributed by atoms with E-state index in [-0.39, 0.29) is 5.60 Å². The molecule has 2 rings (SSSR count). The predicted octanol–water partition coefficient (Wildman–Crippen LogP) is 5.17. The second kappa shape index (κ2) is 5.76. The maximum absolute atomic E-state index is 11.1. The molecule has 2 unspecified atom stereocenters. The summed E-state index contributed by atoms with van der Waals surface area (Å²) in [7, 11) is 0. The van der Waals surface area contributed by atoms with Gasteiger partial charge in [0.2, 0.25) is 0 Å². The average molecular weight is 266 g/mol. The summed E-state index contributed by atoms with van der Waals surface area (Å²) in [5.74, 6) is 2.23. The molecule has 1 N–H and O–H groups in total. The van der Waals surface area contributed by atoms with E-state index >= 15 is 0 Å². The summed E-state index contributed by atoms with van der Waals surface area (Å²) in [4.78, 5) is 0. The molecule has 0 aromatic rings. The van der Waals surface area contributed by atoms with Crippen LogP contribution in [0.25, 0.3) is 0 Å². The van der Waals surface area contributed by atoms with Crippen molar-refractivity contribution in [2.45, 2.75) is 91.1 Å². The Bertz CT molecular complexity index is 286. The van der Waals surface area contributed by atoms with Crippen molar-refractivity contribution in [1.82, 2.24) is 0 Å². The molecular weight excluding hydrogens is 232 g/mol. The Balaban J connectivity index is 1.94. The van der Waals surface area contributed by atoms with E-state index in [4.69, 9.17) is 0 Å². The molecule has 2 saturated carbocycles. The highest BCUT2D eigenvalue weighted by Crippen LogP contribution is 2.48. The minimum atomic E-state index is -0.324. The van der Waals surface area contributed by atoms with Crippen LogP contribution in [0.1, 0.15) is 85.5 Å². The van der Waals surface area contributed by atoms with Gasteiger partial charge in [0.1, 0.15) is 0 Å². The van der Waals surface area contributed by atoms with E-state index in [0.29, 0.717) is 11.3 Å². The lowest BCUT2D eigenvalue weighted by Gasteiger charge is -2.47. The second-order valence-electron chi connectivity index (χ2n) is 8.19. The molecule has 2 atom stereocenters. The van der Waals surface area contributed by atoms with Gasteiger partial charge < -0.3 is 5.11 Å². The van der Waals surface area contributed by atoms with Crippen LogP contribution in [0.15, 0.2) is 0 Å². The lowest BCUT2D eigenvalue weighted by molar-refractivity contribution is -0.0863. The standard InChI is InChI=1S/C18H34O/c1-5-17(3,4)15-9-11-18(19,12-10-15)16-8-6-7-14(2)13-16/h14-16,19H,5-13H2,1-4H3. The Morgan fingerprint density at radius 3 is 2.26 bits per heavy atom. The molecule has 0 aromatic heterocycles. The maximum atomic E-state index is 11.1. The summed E-state index contributed by atoms with van der Waals surface area (Å²) in [5.41, 5.74) is 0.135. The summed E-state index contributed by atoms with van der Waals surface area (Å²) < 4.78 is 0. The van der Waals surface area contributed by atoms with Crippen LogP contribution < -0.4 is 0 Å². The van der Waals surface area contributed by atoms with Crippen LogP contribution in [-0.2, 0) is 0 Å². The van der Waals surface area contributed by atoms with E-state index in [1.807, 2.05) is 0 Å². The van der Waals surface area contributed by atoms with Crippen molar-refractivity contribution in [3.8, 4) is 0 Å². The first-order valence-corrected chi connectivity index (χ1v) is 8.60. The molecular formula is C18H34O. The Morgan fingerprint density at radius 2 is 1.74 bits per heavy atom. The van der Waals surface area contributed by atoms with E-state index in [0.717, 1.165) is 24.7 Å². The Kier molecular flexibility index (Phi) is 4.65. The van der Waals surface area contributed by atoms with Crippen LogP contribution >= 0.6 is 0 Å². The molecule has 0 bridgehead atoms. The number of rotatable bonds is 3. The molecule has 112 valence electrons. The molecule has 0 spiro atoms. The summed E-state index contributed by atoms with van der Waals surface area (Å²) in [5, 5.41) is 11.1. The molecule has 19 heavy (non-hydrogen) atoms. The van der Waals surface area contributed by atoms with Crippen molar-refractivity contribution in [3.05, 3.63) is 0 Å². The van der Waals surface area contributed by atoms with E-state index in [1.54, 1.807) is 0 Å². The van der Waals surface area contributed by atoms with Gasteiger partial charge in [-0.1, -0.05) is 47.0 Å². The Labute approximate surface area is 120 Å². The highest BCUT2D eigenvalue weighted by Gasteiger charge is 2.43. The summed E-state index contributed by atoms with van der Waals surface area (Å²) in [6.07, 6.45) is 11.1. The van der Waals surface area contributed by atoms with Gasteiger partial charge in [0.25, 0.3) is 0 Å². The van der Waals surface area contributed by atoms with Gasteiger partial charge in [0.15, 0.2) is 0 Å². The van der Waals surface area contributed by atoms with Gasteiger partial charge in [-0.25, -0.2) is 0 Å². The molecule has 2 fully saturated rings.